The number of imide groups is 1. The van der Waals surface area contributed by atoms with Crippen LogP contribution >= 0.6 is 0 Å². The van der Waals surface area contributed by atoms with Crippen LogP contribution in [0.2, 0.25) is 0 Å². The number of nitrogens with zero attached hydrogens (tertiary/aromatic N) is 3. The van der Waals surface area contributed by atoms with Gasteiger partial charge in [0.15, 0.2) is 11.8 Å². The lowest BCUT2D eigenvalue weighted by atomic mass is 9.98. The Hall–Kier alpha value is -3.23. The van der Waals surface area contributed by atoms with Crippen LogP contribution in [0, 0.1) is 5.92 Å². The van der Waals surface area contributed by atoms with Gasteiger partial charge in [-0.15, -0.1) is 0 Å². The molecule has 0 unspecified atom stereocenters. The molecule has 1 fully saturated rings. The second kappa shape index (κ2) is 6.58. The molecule has 1 aromatic carbocycles. The first-order chi connectivity index (χ1) is 12.4. The maximum atomic E-state index is 12.9. The predicted octanol–water partition coefficient (Wildman–Crippen LogP) is 0.334. The van der Waals surface area contributed by atoms with Gasteiger partial charge in [-0.05, 0) is 31.2 Å². The number of fused-ring (bicyclic) bond motifs is 1. The van der Waals surface area contributed by atoms with Crippen LogP contribution in [0.15, 0.2) is 29.4 Å². The van der Waals surface area contributed by atoms with Crippen LogP contribution in [0.5, 0.6) is 5.75 Å². The van der Waals surface area contributed by atoms with Crippen LogP contribution < -0.4 is 9.64 Å². The zero-order chi connectivity index (χ0) is 19.0. The summed E-state index contributed by atoms with van der Waals surface area (Å²) in [6.07, 6.45) is 0. The van der Waals surface area contributed by atoms with E-state index >= 15 is 0 Å². The van der Waals surface area contributed by atoms with Crippen LogP contribution in [0.1, 0.15) is 13.8 Å². The van der Waals surface area contributed by atoms with E-state index in [4.69, 9.17) is 9.47 Å². The highest BCUT2D eigenvalue weighted by Crippen LogP contribution is 2.35. The van der Waals surface area contributed by atoms with Crippen molar-refractivity contribution in [1.82, 2.24) is 5.01 Å². The van der Waals surface area contributed by atoms with Crippen LogP contribution in [0.25, 0.3) is 0 Å². The molecule has 2 heterocycles. The number of esters is 1. The molecular formula is C17H17N3O6. The first kappa shape index (κ1) is 17.6. The van der Waals surface area contributed by atoms with Crippen molar-refractivity contribution in [2.45, 2.75) is 19.9 Å². The fourth-order valence-corrected chi connectivity index (χ4v) is 3.04. The maximum Gasteiger partial charge on any atom is 0.355 e. The topological polar surface area (TPSA) is 106 Å². The summed E-state index contributed by atoms with van der Waals surface area (Å²) in [7, 11) is 1.50. The van der Waals surface area contributed by atoms with Crippen molar-refractivity contribution in [3.8, 4) is 5.75 Å². The number of carbonyl (C=O) groups is 4. The summed E-state index contributed by atoms with van der Waals surface area (Å²) in [5.41, 5.74) is 0.0864. The number of anilines is 1. The summed E-state index contributed by atoms with van der Waals surface area (Å²) < 4.78 is 9.97. The van der Waals surface area contributed by atoms with Gasteiger partial charge in [-0.3, -0.25) is 14.4 Å². The molecule has 2 aliphatic rings. The predicted molar refractivity (Wildman–Crippen MR) is 89.4 cm³/mol. The van der Waals surface area contributed by atoms with Gasteiger partial charge in [0.25, 0.3) is 5.91 Å². The number of rotatable bonds is 4. The van der Waals surface area contributed by atoms with Crippen molar-refractivity contribution in [1.29, 1.82) is 0 Å². The summed E-state index contributed by atoms with van der Waals surface area (Å²) in [5, 5.41) is 4.76. The van der Waals surface area contributed by atoms with Crippen molar-refractivity contribution in [3.05, 3.63) is 24.3 Å². The Labute approximate surface area is 149 Å². The summed E-state index contributed by atoms with van der Waals surface area (Å²) in [6, 6.07) is 5.13. The lowest BCUT2D eigenvalue weighted by Crippen LogP contribution is -2.41. The largest absolute Gasteiger partial charge is 0.497 e. The number of hydrogen-bond acceptors (Lipinski definition) is 7. The third-order valence-electron chi connectivity index (χ3n) is 4.19. The van der Waals surface area contributed by atoms with E-state index in [0.29, 0.717) is 11.4 Å². The molecule has 2 aliphatic heterocycles. The van der Waals surface area contributed by atoms with Crippen LogP contribution in [0.3, 0.4) is 0 Å². The number of carbonyl (C=O) groups excluding carboxylic acids is 4. The Morgan fingerprint density at radius 2 is 1.81 bits per heavy atom. The first-order valence-electron chi connectivity index (χ1n) is 7.98. The summed E-state index contributed by atoms with van der Waals surface area (Å²) in [4.78, 5) is 50.7. The average Bonchev–Trinajstić information content (AvgIpc) is 3.13. The minimum Gasteiger partial charge on any atom is -0.497 e. The smallest absolute Gasteiger partial charge is 0.355 e. The number of hydrazone groups is 1. The van der Waals surface area contributed by atoms with Gasteiger partial charge >= 0.3 is 5.97 Å². The molecule has 3 amide bonds. The van der Waals surface area contributed by atoms with Crippen molar-refractivity contribution >= 4 is 35.1 Å². The maximum absolute atomic E-state index is 12.9. The van der Waals surface area contributed by atoms with Gasteiger partial charge in [-0.25, -0.2) is 14.7 Å². The lowest BCUT2D eigenvalue weighted by molar-refractivity contribution is -0.136. The van der Waals surface area contributed by atoms with Gasteiger partial charge in [-0.2, -0.15) is 5.10 Å². The molecule has 0 radical (unpaired) electrons. The number of ether oxygens (including phenoxy) is 2. The van der Waals surface area contributed by atoms with E-state index in [1.165, 1.54) is 14.0 Å². The molecule has 26 heavy (non-hydrogen) atoms. The molecule has 136 valence electrons. The van der Waals surface area contributed by atoms with Crippen LogP contribution in [-0.2, 0) is 23.9 Å². The van der Waals surface area contributed by atoms with E-state index in [-0.39, 0.29) is 12.3 Å². The Balaban J connectivity index is 2.00. The molecule has 0 spiro atoms. The molecule has 0 saturated carbocycles. The number of hydrogen-bond donors (Lipinski definition) is 0. The number of amides is 3. The molecule has 3 rings (SSSR count). The Morgan fingerprint density at radius 1 is 1.15 bits per heavy atom. The fraction of sp³-hybridized carbons (Fsp3) is 0.353. The molecule has 1 saturated heterocycles. The molecule has 0 N–H and O–H groups in total. The minimum atomic E-state index is -1.18. The summed E-state index contributed by atoms with van der Waals surface area (Å²) >= 11 is 0. The van der Waals surface area contributed by atoms with Gasteiger partial charge in [-0.1, -0.05) is 0 Å². The fourth-order valence-electron chi connectivity index (χ4n) is 3.04. The van der Waals surface area contributed by atoms with Gasteiger partial charge in [0.05, 0.1) is 19.4 Å². The summed E-state index contributed by atoms with van der Waals surface area (Å²) in [5.74, 6) is -3.22. The molecule has 2 atom stereocenters. The van der Waals surface area contributed by atoms with E-state index in [9.17, 15) is 19.2 Å². The van der Waals surface area contributed by atoms with Crippen molar-refractivity contribution in [2.75, 3.05) is 18.6 Å². The molecule has 0 bridgehead atoms. The molecule has 9 nitrogen and oxygen atoms in total. The first-order valence-corrected chi connectivity index (χ1v) is 7.98. The molecular weight excluding hydrogens is 342 g/mol. The zero-order valence-electron chi connectivity index (χ0n) is 14.5. The lowest BCUT2D eigenvalue weighted by Gasteiger charge is -2.19. The zero-order valence-corrected chi connectivity index (χ0v) is 14.5. The average molecular weight is 359 g/mol. The molecule has 0 aromatic heterocycles. The van der Waals surface area contributed by atoms with Crippen LogP contribution in [-0.4, -0.2) is 54.2 Å². The summed E-state index contributed by atoms with van der Waals surface area (Å²) in [6.45, 7) is 2.90. The van der Waals surface area contributed by atoms with E-state index in [0.717, 1.165) is 9.91 Å². The third kappa shape index (κ3) is 2.61. The number of methoxy groups -OCH3 is 1. The Bertz CT molecular complexity index is 816. The normalized spacial score (nSPS) is 21.6. The van der Waals surface area contributed by atoms with Gasteiger partial charge in [0.1, 0.15) is 11.7 Å². The Kier molecular flexibility index (Phi) is 4.45. The second-order valence-electron chi connectivity index (χ2n) is 5.70. The second-order valence-corrected chi connectivity index (χ2v) is 5.70. The minimum absolute atomic E-state index is 0.0830. The standard InChI is InChI=1S/C17H17N3O6/c1-4-26-17(24)13-12-14(20(18-13)9(2)21)16(23)19(15(12)22)10-5-7-11(25-3)8-6-10/h5-8,12,14H,4H2,1-3H3/t12-,14+/m1/s1. The molecule has 9 heteroatoms. The van der Waals surface area contributed by atoms with E-state index in [1.54, 1.807) is 31.2 Å². The van der Waals surface area contributed by atoms with E-state index in [1.807, 2.05) is 0 Å². The highest BCUT2D eigenvalue weighted by Gasteiger charge is 2.59. The third-order valence-corrected chi connectivity index (χ3v) is 4.19. The molecule has 1 aromatic rings. The highest BCUT2D eigenvalue weighted by molar-refractivity contribution is 6.47. The van der Waals surface area contributed by atoms with Gasteiger partial charge < -0.3 is 9.47 Å². The van der Waals surface area contributed by atoms with Crippen molar-refractivity contribution in [2.24, 2.45) is 11.0 Å². The van der Waals surface area contributed by atoms with Crippen LogP contribution in [0.4, 0.5) is 5.69 Å². The number of benzene rings is 1. The van der Waals surface area contributed by atoms with E-state index < -0.39 is 35.7 Å². The van der Waals surface area contributed by atoms with Crippen molar-refractivity contribution in [3.63, 3.8) is 0 Å². The van der Waals surface area contributed by atoms with E-state index in [2.05, 4.69) is 5.10 Å². The monoisotopic (exact) mass is 359 g/mol. The SMILES string of the molecule is CCOC(=O)C1=NN(C(C)=O)[C@@H]2C(=O)N(c3ccc(OC)cc3)C(=O)[C@H]12. The van der Waals surface area contributed by atoms with Gasteiger partial charge in [0, 0.05) is 6.92 Å². The van der Waals surface area contributed by atoms with Crippen molar-refractivity contribution < 1.29 is 28.7 Å². The Morgan fingerprint density at radius 3 is 2.35 bits per heavy atom. The molecule has 0 aliphatic carbocycles. The van der Waals surface area contributed by atoms with Gasteiger partial charge in [0.2, 0.25) is 11.8 Å². The highest BCUT2D eigenvalue weighted by atomic mass is 16.5. The quantitative estimate of drug-likeness (QED) is 0.567.